The topological polar surface area (TPSA) is 199 Å². The first-order valence-corrected chi connectivity index (χ1v) is 21.9. The van der Waals surface area contributed by atoms with Crippen LogP contribution < -0.4 is 5.73 Å². The quantitative estimate of drug-likeness (QED) is 0.0273. The molecule has 0 unspecified atom stereocenters. The lowest BCUT2D eigenvalue weighted by Gasteiger charge is -2.42. The zero-order chi connectivity index (χ0) is 42.8. The van der Waals surface area contributed by atoms with Crippen LogP contribution in [0, 0.1) is 5.41 Å². The van der Waals surface area contributed by atoms with Gasteiger partial charge in [-0.05, 0) is 54.4 Å². The summed E-state index contributed by atoms with van der Waals surface area (Å²) in [7, 11) is 0. The summed E-state index contributed by atoms with van der Waals surface area (Å²) in [6, 6.07) is -1.09. The molecule has 13 heteroatoms. The maximum atomic E-state index is 10.6. The number of allylic oxidation sites excluding steroid dienone is 2. The van der Waals surface area contributed by atoms with E-state index in [4.69, 9.17) is 39.6 Å². The maximum Gasteiger partial charge on any atom is 0.224 e. The van der Waals surface area contributed by atoms with Gasteiger partial charge in [0.15, 0.2) is 0 Å². The van der Waals surface area contributed by atoms with Crippen molar-refractivity contribution in [1.82, 2.24) is 0 Å². The Morgan fingerprint density at radius 3 is 1.40 bits per heavy atom. The molecule has 0 aromatic rings. The van der Waals surface area contributed by atoms with Gasteiger partial charge >= 0.3 is 0 Å². The zero-order valence-electron chi connectivity index (χ0n) is 37.0. The molecular formula is C44H85N3O10. The van der Waals surface area contributed by atoms with Gasteiger partial charge in [0.2, 0.25) is 12.6 Å². The second-order valence-corrected chi connectivity index (χ2v) is 15.4. The van der Waals surface area contributed by atoms with Crippen molar-refractivity contribution in [2.24, 2.45) is 10.7 Å². The third kappa shape index (κ3) is 25.3. The predicted octanol–water partition coefficient (Wildman–Crippen LogP) is 7.50. The number of aliphatic hydroxyl groups is 4. The van der Waals surface area contributed by atoms with Gasteiger partial charge < -0.3 is 60.0 Å². The summed E-state index contributed by atoms with van der Waals surface area (Å²) < 4.78 is 34.2. The van der Waals surface area contributed by atoms with Gasteiger partial charge in [-0.15, -0.1) is 0 Å². The molecule has 2 aliphatic rings. The number of nitrogens with one attached hydrogen (secondary N) is 1. The van der Waals surface area contributed by atoms with Gasteiger partial charge in [0.1, 0.15) is 42.7 Å². The summed E-state index contributed by atoms with van der Waals surface area (Å²) in [5.74, 6) is 0. The highest BCUT2D eigenvalue weighted by molar-refractivity contribution is 5.79. The minimum absolute atomic E-state index is 0.296. The monoisotopic (exact) mass is 816 g/mol. The van der Waals surface area contributed by atoms with Crippen LogP contribution in [0.3, 0.4) is 0 Å². The van der Waals surface area contributed by atoms with E-state index in [1.165, 1.54) is 83.3 Å². The average Bonchev–Trinajstić information content (AvgIpc) is 3.18. The molecule has 0 saturated carbocycles. The summed E-state index contributed by atoms with van der Waals surface area (Å²) in [6.45, 7) is 15.9. The Labute approximate surface area is 346 Å². The molecule has 0 aromatic carbocycles. The molecule has 336 valence electrons. The molecule has 0 amide bonds. The fourth-order valence-electron chi connectivity index (χ4n) is 6.44. The Kier molecular flexibility index (Phi) is 34.7. The van der Waals surface area contributed by atoms with Crippen molar-refractivity contribution in [1.29, 1.82) is 5.41 Å². The van der Waals surface area contributed by atoms with Crippen LogP contribution in [0.5, 0.6) is 0 Å². The smallest absolute Gasteiger partial charge is 0.224 e. The average molecular weight is 816 g/mol. The van der Waals surface area contributed by atoms with Gasteiger partial charge in [-0.1, -0.05) is 116 Å². The van der Waals surface area contributed by atoms with Gasteiger partial charge in [-0.25, -0.2) is 0 Å². The highest BCUT2D eigenvalue weighted by Gasteiger charge is 2.47. The largest absolute Gasteiger partial charge is 0.471 e. The van der Waals surface area contributed by atoms with Gasteiger partial charge in [-0.3, -0.25) is 4.99 Å². The summed E-state index contributed by atoms with van der Waals surface area (Å²) >= 11 is 0. The van der Waals surface area contributed by atoms with Crippen LogP contribution in [0.2, 0.25) is 0 Å². The van der Waals surface area contributed by atoms with E-state index in [0.717, 1.165) is 31.4 Å². The van der Waals surface area contributed by atoms with Crippen LogP contribution in [0.4, 0.5) is 0 Å². The van der Waals surface area contributed by atoms with Crippen LogP contribution in [-0.4, -0.2) is 120 Å². The summed E-state index contributed by atoms with van der Waals surface area (Å²) in [4.78, 5) is 4.59. The summed E-state index contributed by atoms with van der Waals surface area (Å²) in [5.41, 5.74) is 7.66. The Morgan fingerprint density at radius 2 is 1.00 bits per heavy atom. The Hall–Kier alpha value is -1.94. The fourth-order valence-corrected chi connectivity index (χ4v) is 6.44. The molecule has 7 N–H and O–H groups in total. The number of nitrogens with zero attached hydrogens (tertiary/aromatic N) is 1. The molecule has 0 radical (unpaired) electrons. The standard InChI is InChI=1S/C22H41NO5.C19H37NO5.C3H7N/c1-5-7-8-9-10-11-12-13-15-26-21-19(23-17(3)4)22(27-14-6-2)28-18(16-24)20(21)25;1-3-5-6-7-8-9-10-11-13-23-18-16(20)19(24-12-4-2)25-15(14-21)17(18)22;1-3(2)4/h6,14,18-22,24-25H,5,7-13,15-16H2,1-4H3;4,12,15-19,21-22H,3,5-11,13-14,20H2,1-2H3;4H,1-2H3/b14-6-;12-4-;/t18-,19-,20-,21-,22+;15-,16-,17-,18-,19+;/m11./s1. The number of hydrogen-bond donors (Lipinski definition) is 6. The van der Waals surface area contributed by atoms with E-state index in [0.29, 0.717) is 18.9 Å². The number of unbranched alkanes of at least 4 members (excludes halogenated alkanes) is 14. The molecule has 0 aliphatic carbocycles. The van der Waals surface area contributed by atoms with E-state index < -0.39 is 61.3 Å². The van der Waals surface area contributed by atoms with Crippen LogP contribution in [0.15, 0.2) is 29.7 Å². The number of ether oxygens (including phenoxy) is 6. The van der Waals surface area contributed by atoms with Crippen LogP contribution in [0.1, 0.15) is 158 Å². The predicted molar refractivity (Wildman–Crippen MR) is 230 cm³/mol. The second-order valence-electron chi connectivity index (χ2n) is 15.4. The Balaban J connectivity index is 0.00000101. The molecule has 2 fully saturated rings. The zero-order valence-corrected chi connectivity index (χ0v) is 37.0. The molecule has 2 aliphatic heterocycles. The van der Waals surface area contributed by atoms with Crippen LogP contribution in [-0.2, 0) is 28.4 Å². The lowest BCUT2D eigenvalue weighted by molar-refractivity contribution is -0.258. The minimum atomic E-state index is -0.959. The van der Waals surface area contributed by atoms with Crippen molar-refractivity contribution in [3.63, 3.8) is 0 Å². The lowest BCUT2D eigenvalue weighted by Crippen LogP contribution is -2.63. The fraction of sp³-hybridized carbons (Fsp3) is 0.864. The first-order chi connectivity index (χ1) is 27.4. The molecule has 0 bridgehead atoms. The molecule has 13 nitrogen and oxygen atoms in total. The lowest BCUT2D eigenvalue weighted by atomic mass is 9.97. The number of hydrogen-bond acceptors (Lipinski definition) is 13. The van der Waals surface area contributed by atoms with E-state index in [1.54, 1.807) is 32.3 Å². The maximum absolute atomic E-state index is 10.6. The molecule has 0 spiro atoms. The molecular weight excluding hydrogens is 730 g/mol. The van der Waals surface area contributed by atoms with Crippen molar-refractivity contribution in [2.45, 2.75) is 219 Å². The van der Waals surface area contributed by atoms with E-state index in [-0.39, 0.29) is 13.2 Å². The third-order valence-corrected chi connectivity index (χ3v) is 9.44. The van der Waals surface area contributed by atoms with E-state index >= 15 is 0 Å². The third-order valence-electron chi connectivity index (χ3n) is 9.44. The molecule has 57 heavy (non-hydrogen) atoms. The van der Waals surface area contributed by atoms with Crippen molar-refractivity contribution in [3.8, 4) is 0 Å². The van der Waals surface area contributed by atoms with Crippen molar-refractivity contribution in [2.75, 3.05) is 26.4 Å². The SMILES string of the molecule is C/C=C\O[C@H]1O[C@H](CO)[C@@H](O)[C@H](OCCCCCCCCCC)[C@H]1N.C/C=C\O[C@H]1O[C@H](CO)[C@@H](O)[C@H](OCCCCCCCCCC)[C@H]1N=C(C)C.CC(C)=N. The molecule has 10 atom stereocenters. The molecule has 2 saturated heterocycles. The number of rotatable bonds is 27. The molecule has 0 aromatic heterocycles. The first kappa shape index (κ1) is 55.1. The number of aliphatic imine (C=N–C) groups is 1. The molecule has 2 heterocycles. The van der Waals surface area contributed by atoms with Gasteiger partial charge in [-0.2, -0.15) is 0 Å². The van der Waals surface area contributed by atoms with Crippen molar-refractivity contribution < 1.29 is 48.8 Å². The van der Waals surface area contributed by atoms with E-state index in [1.807, 2.05) is 27.7 Å². The van der Waals surface area contributed by atoms with Crippen molar-refractivity contribution in [3.05, 3.63) is 24.7 Å². The van der Waals surface area contributed by atoms with Crippen LogP contribution >= 0.6 is 0 Å². The minimum Gasteiger partial charge on any atom is -0.471 e. The van der Waals surface area contributed by atoms with Crippen LogP contribution in [0.25, 0.3) is 0 Å². The number of aliphatic hydroxyl groups excluding tert-OH is 4. The molecule has 2 rings (SSSR count). The summed E-state index contributed by atoms with van der Waals surface area (Å²) in [5, 5.41) is 46.4. The normalized spacial score (nSPS) is 27.3. The van der Waals surface area contributed by atoms with Crippen molar-refractivity contribution >= 4 is 11.4 Å². The van der Waals surface area contributed by atoms with Gasteiger partial charge in [0.05, 0.1) is 31.8 Å². The highest BCUT2D eigenvalue weighted by Crippen LogP contribution is 2.28. The Morgan fingerprint density at radius 1 is 0.632 bits per heavy atom. The first-order valence-electron chi connectivity index (χ1n) is 21.9. The summed E-state index contributed by atoms with van der Waals surface area (Å²) in [6.07, 6.45) is 20.1. The Bertz CT molecular complexity index is 1040. The highest BCUT2D eigenvalue weighted by atomic mass is 16.7. The number of nitrogens with two attached hydrogens (primary N) is 1. The van der Waals surface area contributed by atoms with Gasteiger partial charge in [0.25, 0.3) is 0 Å². The van der Waals surface area contributed by atoms with E-state index in [9.17, 15) is 20.4 Å². The van der Waals surface area contributed by atoms with Gasteiger partial charge in [0, 0.05) is 24.6 Å². The van der Waals surface area contributed by atoms with E-state index in [2.05, 4.69) is 18.8 Å². The second kappa shape index (κ2) is 36.0.